The number of fused-ring (bicyclic) bond motifs is 3. The molecule has 0 aliphatic heterocycles. The van der Waals surface area contributed by atoms with Crippen LogP contribution in [0.4, 0.5) is 11.4 Å². The Kier molecular flexibility index (Phi) is 3.74. The number of nitrogens with zero attached hydrogens (tertiary/aromatic N) is 2. The first-order valence-corrected chi connectivity index (χ1v) is 10.7. The van der Waals surface area contributed by atoms with E-state index >= 15 is 0 Å². The van der Waals surface area contributed by atoms with Gasteiger partial charge in [-0.3, -0.25) is 13.9 Å². The minimum atomic E-state index is -3.37. The lowest BCUT2D eigenvalue weighted by Crippen LogP contribution is -2.12. The Hall–Kier alpha value is -2.43. The molecule has 0 fully saturated rings. The van der Waals surface area contributed by atoms with Gasteiger partial charge in [0.15, 0.2) is 4.96 Å². The molecule has 2 N–H and O–H groups in total. The first-order chi connectivity index (χ1) is 11.9. The number of nitrogens with one attached hydrogen (secondary N) is 2. The maximum atomic E-state index is 12.5. The maximum absolute atomic E-state index is 12.5. The van der Waals surface area contributed by atoms with Crippen molar-refractivity contribution < 1.29 is 13.2 Å². The van der Waals surface area contributed by atoms with Gasteiger partial charge in [0.05, 0.1) is 22.3 Å². The third-order valence-electron chi connectivity index (χ3n) is 3.39. The van der Waals surface area contributed by atoms with Crippen LogP contribution in [-0.4, -0.2) is 30.0 Å². The molecule has 0 aliphatic rings. The van der Waals surface area contributed by atoms with Crippen LogP contribution in [0.25, 0.3) is 15.3 Å². The molecule has 0 bridgehead atoms. The summed E-state index contributed by atoms with van der Waals surface area (Å²) in [7, 11) is -3.37. The number of anilines is 2. The summed E-state index contributed by atoms with van der Waals surface area (Å²) in [5, 5.41) is 4.72. The molecular weight excluding hydrogens is 380 g/mol. The number of thiophene rings is 1. The summed E-state index contributed by atoms with van der Waals surface area (Å²) in [5.74, 6) is -0.261. The fourth-order valence-electron chi connectivity index (χ4n) is 2.43. The van der Waals surface area contributed by atoms with Crippen molar-refractivity contribution in [1.29, 1.82) is 0 Å². The van der Waals surface area contributed by atoms with E-state index in [1.807, 2.05) is 16.0 Å². The van der Waals surface area contributed by atoms with E-state index in [4.69, 9.17) is 0 Å². The van der Waals surface area contributed by atoms with E-state index in [2.05, 4.69) is 15.0 Å². The predicted molar refractivity (Wildman–Crippen MR) is 101 cm³/mol. The molecular formula is C15H12N4O3S3. The quantitative estimate of drug-likeness (QED) is 0.558. The number of amides is 1. The van der Waals surface area contributed by atoms with Crippen LogP contribution in [0.2, 0.25) is 0 Å². The number of aromatic nitrogens is 2. The number of thiazole rings is 1. The number of sulfonamides is 1. The van der Waals surface area contributed by atoms with Crippen LogP contribution >= 0.6 is 22.7 Å². The Morgan fingerprint density at radius 2 is 2.04 bits per heavy atom. The molecule has 0 radical (unpaired) electrons. The van der Waals surface area contributed by atoms with Crippen LogP contribution in [-0.2, 0) is 10.0 Å². The van der Waals surface area contributed by atoms with Gasteiger partial charge in [-0.2, -0.15) is 0 Å². The third kappa shape index (κ3) is 3.23. The number of carbonyl (C=O) groups is 1. The molecule has 3 heterocycles. The van der Waals surface area contributed by atoms with E-state index in [0.29, 0.717) is 16.3 Å². The zero-order valence-electron chi connectivity index (χ0n) is 12.9. The van der Waals surface area contributed by atoms with E-state index < -0.39 is 10.0 Å². The Labute approximate surface area is 151 Å². The molecule has 0 aliphatic carbocycles. The normalized spacial score (nSPS) is 11.9. The summed E-state index contributed by atoms with van der Waals surface area (Å²) >= 11 is 2.86. The van der Waals surface area contributed by atoms with Crippen LogP contribution in [0.15, 0.2) is 41.9 Å². The summed E-state index contributed by atoms with van der Waals surface area (Å²) < 4.78 is 26.9. The third-order valence-corrected chi connectivity index (χ3v) is 5.77. The molecule has 1 amide bonds. The van der Waals surface area contributed by atoms with Gasteiger partial charge >= 0.3 is 0 Å². The minimum absolute atomic E-state index is 0.261. The highest BCUT2D eigenvalue weighted by atomic mass is 32.2. The van der Waals surface area contributed by atoms with Crippen molar-refractivity contribution in [2.24, 2.45) is 0 Å². The summed E-state index contributed by atoms with van der Waals surface area (Å²) in [6, 6.07) is 8.35. The minimum Gasteiger partial charge on any atom is -0.321 e. The van der Waals surface area contributed by atoms with Crippen molar-refractivity contribution in [3.8, 4) is 0 Å². The molecule has 3 aromatic heterocycles. The molecule has 0 unspecified atom stereocenters. The second-order valence-electron chi connectivity index (χ2n) is 5.38. The molecule has 0 atom stereocenters. The number of carbonyl (C=O) groups excluding carboxylic acids is 1. The van der Waals surface area contributed by atoms with Crippen molar-refractivity contribution in [3.05, 3.63) is 46.8 Å². The number of imidazole rings is 1. The fraction of sp³-hybridized carbons (Fsp3) is 0.0667. The maximum Gasteiger partial charge on any atom is 0.265 e. The first-order valence-electron chi connectivity index (χ1n) is 7.13. The van der Waals surface area contributed by atoms with Crippen molar-refractivity contribution in [1.82, 2.24) is 9.38 Å². The van der Waals surface area contributed by atoms with Gasteiger partial charge in [0.25, 0.3) is 5.91 Å². The van der Waals surface area contributed by atoms with Gasteiger partial charge in [0.1, 0.15) is 4.83 Å². The van der Waals surface area contributed by atoms with Gasteiger partial charge < -0.3 is 5.32 Å². The highest BCUT2D eigenvalue weighted by Gasteiger charge is 2.15. The largest absolute Gasteiger partial charge is 0.321 e. The van der Waals surface area contributed by atoms with Crippen LogP contribution in [0.3, 0.4) is 0 Å². The van der Waals surface area contributed by atoms with Gasteiger partial charge in [0, 0.05) is 17.3 Å². The number of hydrogen-bond acceptors (Lipinski definition) is 6. The van der Waals surface area contributed by atoms with Crippen LogP contribution in [0.5, 0.6) is 0 Å². The SMILES string of the molecule is CS(=O)(=O)Nc1cccc(NC(=O)c2cc3c(nc4sccn43)s2)c1. The average Bonchev–Trinajstić information content (AvgIpc) is 3.16. The van der Waals surface area contributed by atoms with Gasteiger partial charge in [-0.05, 0) is 24.3 Å². The van der Waals surface area contributed by atoms with Crippen LogP contribution < -0.4 is 10.0 Å². The first kappa shape index (κ1) is 16.1. The Bertz CT molecular complexity index is 1200. The van der Waals surface area contributed by atoms with E-state index in [9.17, 15) is 13.2 Å². The van der Waals surface area contributed by atoms with Crippen LogP contribution in [0, 0.1) is 0 Å². The summed E-state index contributed by atoms with van der Waals surface area (Å²) in [5.41, 5.74) is 1.80. The van der Waals surface area contributed by atoms with Gasteiger partial charge in [-0.1, -0.05) is 6.07 Å². The second kappa shape index (κ2) is 5.83. The van der Waals surface area contributed by atoms with E-state index in [1.54, 1.807) is 41.7 Å². The van der Waals surface area contributed by atoms with Gasteiger partial charge in [-0.25, -0.2) is 13.4 Å². The molecule has 7 nitrogen and oxygen atoms in total. The molecule has 0 saturated heterocycles. The second-order valence-corrected chi connectivity index (χ2v) is 9.03. The molecule has 1 aromatic carbocycles. The standard InChI is InChI=1S/C15H12N4O3S3/c1-25(21,22)18-10-4-2-3-9(7-10)16-13(20)12-8-11-14(24-12)17-15-19(11)5-6-23-15/h2-8,18H,1H3,(H,16,20). The van der Waals surface area contributed by atoms with E-state index in [1.165, 1.54) is 11.3 Å². The smallest absolute Gasteiger partial charge is 0.265 e. The molecule has 25 heavy (non-hydrogen) atoms. The Balaban J connectivity index is 1.59. The number of hydrogen-bond donors (Lipinski definition) is 2. The highest BCUT2D eigenvalue weighted by molar-refractivity contribution is 7.92. The summed E-state index contributed by atoms with van der Waals surface area (Å²) in [6.45, 7) is 0. The van der Waals surface area contributed by atoms with Crippen molar-refractivity contribution in [2.45, 2.75) is 0 Å². The zero-order chi connectivity index (χ0) is 17.6. The van der Waals surface area contributed by atoms with E-state index in [-0.39, 0.29) is 5.91 Å². The summed E-state index contributed by atoms with van der Waals surface area (Å²) in [4.78, 5) is 19.2. The van der Waals surface area contributed by atoms with Crippen molar-refractivity contribution in [3.63, 3.8) is 0 Å². The monoisotopic (exact) mass is 392 g/mol. The molecule has 10 heteroatoms. The molecule has 0 saturated carbocycles. The molecule has 4 rings (SSSR count). The van der Waals surface area contributed by atoms with Crippen LogP contribution in [0.1, 0.15) is 9.67 Å². The van der Waals surface area contributed by atoms with Gasteiger partial charge in [0.2, 0.25) is 10.0 Å². The lowest BCUT2D eigenvalue weighted by molar-refractivity contribution is 0.103. The molecule has 128 valence electrons. The Morgan fingerprint density at radius 3 is 2.84 bits per heavy atom. The lowest BCUT2D eigenvalue weighted by atomic mass is 10.3. The zero-order valence-corrected chi connectivity index (χ0v) is 15.3. The molecule has 0 spiro atoms. The average molecular weight is 392 g/mol. The highest BCUT2D eigenvalue weighted by Crippen LogP contribution is 2.29. The lowest BCUT2D eigenvalue weighted by Gasteiger charge is -2.07. The van der Waals surface area contributed by atoms with E-state index in [0.717, 1.165) is 21.6 Å². The predicted octanol–water partition coefficient (Wildman–Crippen LogP) is 3.23. The topological polar surface area (TPSA) is 92.6 Å². The van der Waals surface area contributed by atoms with Gasteiger partial charge in [-0.15, -0.1) is 22.7 Å². The number of rotatable bonds is 4. The van der Waals surface area contributed by atoms with Crippen molar-refractivity contribution >= 4 is 65.3 Å². The summed E-state index contributed by atoms with van der Waals surface area (Å²) in [6.07, 6.45) is 3.00. The molecule has 4 aromatic rings. The number of benzene rings is 1. The fourth-order valence-corrected chi connectivity index (χ4v) is 4.68. The van der Waals surface area contributed by atoms with Crippen molar-refractivity contribution in [2.75, 3.05) is 16.3 Å². The Morgan fingerprint density at radius 1 is 1.24 bits per heavy atom.